The Morgan fingerprint density at radius 3 is 1.81 bits per heavy atom. The van der Waals surface area contributed by atoms with Gasteiger partial charge in [-0.2, -0.15) is 0 Å². The van der Waals surface area contributed by atoms with Crippen LogP contribution in [0.5, 0.6) is 11.5 Å². The molecule has 0 fully saturated rings. The Bertz CT molecular complexity index is 514. The molecule has 6 radical (unpaired) electrons. The number of hydrogen-bond donors (Lipinski definition) is 0. The standard InChI is InChI=1S/C13H6O.2Sb/c1-3-7-12-10(5-1)9-11-6-2-4-8-13(11)14-12;;/h1-2,5-8H;;. The van der Waals surface area contributed by atoms with E-state index in [1.165, 1.54) is 7.02 Å². The van der Waals surface area contributed by atoms with Gasteiger partial charge in [0.2, 0.25) is 0 Å². The summed E-state index contributed by atoms with van der Waals surface area (Å²) >= 11 is 3.40. The summed E-state index contributed by atoms with van der Waals surface area (Å²) in [5, 5.41) is 0. The minimum absolute atomic E-state index is 0.919. The van der Waals surface area contributed by atoms with Gasteiger partial charge in [-0.3, -0.25) is 0 Å². The van der Waals surface area contributed by atoms with E-state index in [2.05, 4.69) is 42.8 Å². The van der Waals surface area contributed by atoms with Crippen LogP contribution >= 0.6 is 0 Å². The summed E-state index contributed by atoms with van der Waals surface area (Å²) in [6.07, 6.45) is 3.38. The molecule has 0 saturated heterocycles. The molecule has 0 aromatic heterocycles. The van der Waals surface area contributed by atoms with Crippen LogP contribution in [0.1, 0.15) is 11.1 Å². The van der Waals surface area contributed by atoms with E-state index in [0.717, 1.165) is 22.6 Å². The molecular formula is C13H6OSb2. The number of rotatable bonds is 0. The van der Waals surface area contributed by atoms with Crippen molar-refractivity contribution in [1.29, 1.82) is 0 Å². The number of ether oxygens (including phenoxy) is 1. The summed E-state index contributed by atoms with van der Waals surface area (Å²) in [5.74, 6) is 1.84. The number of hydrogen-bond acceptors (Lipinski definition) is 1. The third-order valence-corrected chi connectivity index (χ3v) is 4.01. The molecule has 0 unspecified atom stereocenters. The third kappa shape index (κ3) is 2.00. The second-order valence-electron chi connectivity index (χ2n) is 3.59. The van der Waals surface area contributed by atoms with Crippen molar-refractivity contribution in [2.24, 2.45) is 0 Å². The summed E-state index contributed by atoms with van der Waals surface area (Å²) in [7, 11) is 0. The van der Waals surface area contributed by atoms with Crippen LogP contribution in [0.25, 0.3) is 0 Å². The van der Waals surface area contributed by atoms with Crippen molar-refractivity contribution >= 4 is 53.1 Å². The first-order valence-electron chi connectivity index (χ1n) is 4.83. The van der Waals surface area contributed by atoms with Gasteiger partial charge < -0.3 is 0 Å². The van der Waals surface area contributed by atoms with Gasteiger partial charge in [-0.25, -0.2) is 0 Å². The van der Waals surface area contributed by atoms with Gasteiger partial charge in [-0.05, 0) is 0 Å². The molecule has 0 amide bonds. The molecule has 1 aliphatic heterocycles. The molecule has 0 saturated carbocycles. The van der Waals surface area contributed by atoms with E-state index in [4.69, 9.17) is 4.74 Å². The fraction of sp³-hybridized carbons (Fsp3) is 0. The summed E-state index contributed by atoms with van der Waals surface area (Å²) in [6, 6.07) is 12.5. The average molecular weight is 422 g/mol. The van der Waals surface area contributed by atoms with Gasteiger partial charge in [0.05, 0.1) is 0 Å². The van der Waals surface area contributed by atoms with E-state index in [-0.39, 0.29) is 0 Å². The van der Waals surface area contributed by atoms with Crippen molar-refractivity contribution in [3.8, 4) is 11.5 Å². The van der Waals surface area contributed by atoms with Gasteiger partial charge in [0, 0.05) is 0 Å². The zero-order chi connectivity index (χ0) is 11.1. The number of benzene rings is 2. The molecule has 74 valence electrons. The Morgan fingerprint density at radius 2 is 1.31 bits per heavy atom. The Kier molecular flexibility index (Phi) is 2.94. The minimum atomic E-state index is 0.919. The summed E-state index contributed by atoms with van der Waals surface area (Å²) in [6.45, 7) is 0. The van der Waals surface area contributed by atoms with Crippen LogP contribution in [0.4, 0.5) is 0 Å². The van der Waals surface area contributed by atoms with Gasteiger partial charge in [-0.1, -0.05) is 0 Å². The predicted molar refractivity (Wildman–Crippen MR) is 65.2 cm³/mol. The zero-order valence-corrected chi connectivity index (χ0v) is 13.4. The van der Waals surface area contributed by atoms with Gasteiger partial charge in [0.1, 0.15) is 0 Å². The molecule has 1 aliphatic rings. The van der Waals surface area contributed by atoms with Crippen molar-refractivity contribution in [3.05, 3.63) is 53.9 Å². The molecule has 3 rings (SSSR count). The SMILES string of the molecule is [Sb][c]1ccc2c(c1)Oc1c[c]([Sb])ccc1[C]2. The fourth-order valence-corrected chi connectivity index (χ4v) is 2.76. The monoisotopic (exact) mass is 420 g/mol. The molecule has 2 aromatic carbocycles. The topological polar surface area (TPSA) is 9.23 Å². The first-order chi connectivity index (χ1) is 7.72. The van der Waals surface area contributed by atoms with E-state index in [9.17, 15) is 0 Å². The second-order valence-corrected chi connectivity index (χ2v) is 6.54. The van der Waals surface area contributed by atoms with Crippen LogP contribution in [0.3, 0.4) is 0 Å². The quantitative estimate of drug-likeness (QED) is 0.489. The Hall–Kier alpha value is -0.124. The van der Waals surface area contributed by atoms with E-state index >= 15 is 0 Å². The van der Waals surface area contributed by atoms with Crippen LogP contribution in [-0.4, -0.2) is 46.0 Å². The molecule has 1 nitrogen and oxygen atoms in total. The third-order valence-electron chi connectivity index (χ3n) is 2.42. The van der Waals surface area contributed by atoms with E-state index in [1.807, 2.05) is 0 Å². The van der Waals surface area contributed by atoms with Crippen LogP contribution < -0.4 is 11.8 Å². The zero-order valence-electron chi connectivity index (χ0n) is 8.27. The van der Waals surface area contributed by atoms with Crippen LogP contribution in [0, 0.1) is 6.42 Å². The van der Waals surface area contributed by atoms with Gasteiger partial charge >= 0.3 is 123 Å². The maximum atomic E-state index is 5.89. The molecule has 0 spiro atoms. The second kappa shape index (κ2) is 4.28. The molecule has 2 aromatic rings. The first-order valence-corrected chi connectivity index (χ1v) is 7.38. The van der Waals surface area contributed by atoms with Crippen molar-refractivity contribution in [2.75, 3.05) is 0 Å². The molecular weight excluding hydrogens is 416 g/mol. The first kappa shape index (κ1) is 11.0. The molecule has 0 aliphatic carbocycles. The van der Waals surface area contributed by atoms with Crippen LogP contribution in [0.2, 0.25) is 0 Å². The molecule has 0 N–H and O–H groups in total. The van der Waals surface area contributed by atoms with Gasteiger partial charge in [0.25, 0.3) is 0 Å². The number of fused-ring (bicyclic) bond motifs is 2. The molecule has 3 heteroatoms. The summed E-state index contributed by atoms with van der Waals surface area (Å²) in [4.78, 5) is 0. The fourth-order valence-electron chi connectivity index (χ4n) is 1.66. The van der Waals surface area contributed by atoms with Crippen LogP contribution in [-0.2, 0) is 0 Å². The molecule has 0 atom stereocenters. The Morgan fingerprint density at radius 1 is 0.812 bits per heavy atom. The Labute approximate surface area is 122 Å². The summed E-state index contributed by atoms with van der Waals surface area (Å²) in [5.41, 5.74) is 2.08. The average Bonchev–Trinajstić information content (AvgIpc) is 2.26. The van der Waals surface area contributed by atoms with Crippen molar-refractivity contribution in [3.63, 3.8) is 0 Å². The molecule has 0 bridgehead atoms. The van der Waals surface area contributed by atoms with Crippen LogP contribution in [0.15, 0.2) is 36.4 Å². The van der Waals surface area contributed by atoms with Gasteiger partial charge in [-0.15, -0.1) is 0 Å². The van der Waals surface area contributed by atoms with Crippen molar-refractivity contribution < 1.29 is 4.74 Å². The van der Waals surface area contributed by atoms with Gasteiger partial charge in [0.15, 0.2) is 0 Å². The van der Waals surface area contributed by atoms with Crippen molar-refractivity contribution in [2.45, 2.75) is 0 Å². The predicted octanol–water partition coefficient (Wildman–Crippen LogP) is 0.858. The van der Waals surface area contributed by atoms with E-state index < -0.39 is 0 Å². The maximum absolute atomic E-state index is 5.89. The summed E-state index contributed by atoms with van der Waals surface area (Å²) < 4.78 is 8.41. The van der Waals surface area contributed by atoms with Crippen molar-refractivity contribution in [1.82, 2.24) is 0 Å². The Balaban J connectivity index is 2.10. The molecule has 16 heavy (non-hydrogen) atoms. The van der Waals surface area contributed by atoms with E-state index in [1.54, 1.807) is 46.0 Å². The normalized spacial score (nSPS) is 12.6. The molecule has 1 heterocycles. The van der Waals surface area contributed by atoms with E-state index in [0.29, 0.717) is 0 Å².